The molecule has 1 radical (unpaired) electrons. The van der Waals surface area contributed by atoms with Crippen LogP contribution in [0, 0.1) is 0 Å². The molecule has 0 spiro atoms. The number of para-hydroxylation sites is 2. The predicted molar refractivity (Wildman–Crippen MR) is 67.3 cm³/mol. The molecule has 0 saturated carbocycles. The molecule has 0 bridgehead atoms. The van der Waals surface area contributed by atoms with Crippen molar-refractivity contribution in [1.82, 2.24) is 5.32 Å². The summed E-state index contributed by atoms with van der Waals surface area (Å²) >= 11 is 0. The van der Waals surface area contributed by atoms with Crippen molar-refractivity contribution in [2.24, 2.45) is 0 Å². The summed E-state index contributed by atoms with van der Waals surface area (Å²) in [4.78, 5) is 0. The second-order valence-electron chi connectivity index (χ2n) is 4.19. The van der Waals surface area contributed by atoms with Gasteiger partial charge in [0.2, 0.25) is 0 Å². The van der Waals surface area contributed by atoms with E-state index in [2.05, 4.69) is 43.3 Å². The van der Waals surface area contributed by atoms with Crippen LogP contribution in [0.25, 0.3) is 11.1 Å². The van der Waals surface area contributed by atoms with Crippen LogP contribution in [-0.2, 0) is 6.42 Å². The van der Waals surface area contributed by atoms with E-state index in [0.717, 1.165) is 12.1 Å². The second kappa shape index (κ2) is 3.67. The zero-order valence-electron chi connectivity index (χ0n) is 9.40. The van der Waals surface area contributed by atoms with Crippen LogP contribution in [0.4, 0.5) is 11.4 Å². The fourth-order valence-corrected chi connectivity index (χ4v) is 2.33. The maximum atomic E-state index is 4.73. The third-order valence-electron chi connectivity index (χ3n) is 3.07. The average molecular weight is 208 g/mol. The van der Waals surface area contributed by atoms with Crippen molar-refractivity contribution >= 4 is 11.4 Å². The number of benzene rings is 2. The first-order valence-electron chi connectivity index (χ1n) is 5.83. The minimum atomic E-state index is 1.11. The summed E-state index contributed by atoms with van der Waals surface area (Å²) < 4.78 is 0. The largest absolute Gasteiger partial charge is 0.247 e. The molecule has 0 aromatic heterocycles. The molecule has 3 rings (SSSR count). The van der Waals surface area contributed by atoms with E-state index in [1.807, 2.05) is 6.07 Å². The molecule has 1 heterocycles. The number of rotatable bonds is 2. The molecule has 1 aliphatic rings. The molecule has 1 nitrogen and oxygen atoms in total. The topological polar surface area (TPSA) is 14.1 Å². The summed E-state index contributed by atoms with van der Waals surface area (Å²) in [6, 6.07) is 14.9. The first-order chi connectivity index (χ1) is 7.90. The van der Waals surface area contributed by atoms with Crippen LogP contribution in [-0.4, -0.2) is 0 Å². The van der Waals surface area contributed by atoms with Crippen LogP contribution in [0.3, 0.4) is 0 Å². The summed E-state index contributed by atoms with van der Waals surface area (Å²) in [6.07, 6.45) is 2.28. The first-order valence-corrected chi connectivity index (χ1v) is 5.83. The molecule has 0 unspecified atom stereocenters. The Kier molecular flexibility index (Phi) is 2.17. The number of aryl methyl sites for hydroxylation is 1. The van der Waals surface area contributed by atoms with Crippen molar-refractivity contribution in [3.63, 3.8) is 0 Å². The predicted octanol–water partition coefficient (Wildman–Crippen LogP) is 4.19. The van der Waals surface area contributed by atoms with Crippen molar-refractivity contribution in [3.8, 4) is 11.1 Å². The van der Waals surface area contributed by atoms with Crippen molar-refractivity contribution < 1.29 is 0 Å². The highest BCUT2D eigenvalue weighted by Gasteiger charge is 2.20. The lowest BCUT2D eigenvalue weighted by Crippen LogP contribution is -1.90. The molecule has 0 amide bonds. The highest BCUT2D eigenvalue weighted by atomic mass is 14.9. The van der Waals surface area contributed by atoms with Gasteiger partial charge >= 0.3 is 0 Å². The van der Waals surface area contributed by atoms with Gasteiger partial charge in [0.25, 0.3) is 0 Å². The second-order valence-corrected chi connectivity index (χ2v) is 4.19. The van der Waals surface area contributed by atoms with Gasteiger partial charge in [-0.3, -0.25) is 0 Å². The van der Waals surface area contributed by atoms with Crippen LogP contribution < -0.4 is 5.32 Å². The lowest BCUT2D eigenvalue weighted by atomic mass is 10.0. The fraction of sp³-hybridized carbons (Fsp3) is 0.200. The maximum absolute atomic E-state index is 4.73. The molecule has 2 aromatic rings. The van der Waals surface area contributed by atoms with E-state index in [1.54, 1.807) is 0 Å². The van der Waals surface area contributed by atoms with E-state index in [1.165, 1.54) is 28.8 Å². The van der Waals surface area contributed by atoms with Crippen molar-refractivity contribution in [2.45, 2.75) is 19.8 Å². The third kappa shape index (κ3) is 1.32. The van der Waals surface area contributed by atoms with Gasteiger partial charge in [0, 0.05) is 11.1 Å². The average Bonchev–Trinajstić information content (AvgIpc) is 2.69. The van der Waals surface area contributed by atoms with E-state index < -0.39 is 0 Å². The van der Waals surface area contributed by atoms with Crippen LogP contribution in [0.15, 0.2) is 42.5 Å². The lowest BCUT2D eigenvalue weighted by molar-refractivity contribution is 0.916. The van der Waals surface area contributed by atoms with Crippen LogP contribution in [0.5, 0.6) is 0 Å². The van der Waals surface area contributed by atoms with E-state index in [0.29, 0.717) is 0 Å². The first kappa shape index (κ1) is 9.46. The van der Waals surface area contributed by atoms with E-state index >= 15 is 0 Å². The molecular formula is C15H14N. The van der Waals surface area contributed by atoms with E-state index in [-0.39, 0.29) is 0 Å². The molecule has 16 heavy (non-hydrogen) atoms. The molecule has 0 atom stereocenters. The van der Waals surface area contributed by atoms with Gasteiger partial charge in [0.1, 0.15) is 0 Å². The fourth-order valence-electron chi connectivity index (χ4n) is 2.33. The number of nitrogens with zero attached hydrogens (tertiary/aromatic N) is 1. The van der Waals surface area contributed by atoms with Crippen LogP contribution in [0.2, 0.25) is 0 Å². The molecule has 79 valence electrons. The van der Waals surface area contributed by atoms with Crippen molar-refractivity contribution in [3.05, 3.63) is 48.0 Å². The normalized spacial score (nSPS) is 11.8. The Hall–Kier alpha value is -1.76. The Labute approximate surface area is 96.1 Å². The summed E-state index contributed by atoms with van der Waals surface area (Å²) in [5, 5.41) is 4.73. The number of fused-ring (bicyclic) bond motifs is 3. The Morgan fingerprint density at radius 1 is 0.938 bits per heavy atom. The molecule has 0 fully saturated rings. The monoisotopic (exact) mass is 208 g/mol. The molecule has 1 aliphatic heterocycles. The molecule has 2 aromatic carbocycles. The van der Waals surface area contributed by atoms with Gasteiger partial charge in [-0.25, -0.2) is 5.32 Å². The summed E-state index contributed by atoms with van der Waals surface area (Å²) in [5.41, 5.74) is 6.24. The lowest BCUT2D eigenvalue weighted by Gasteiger charge is -2.05. The standard InChI is InChI=1S/C15H14N/c1-2-6-11-7-5-9-13-12-8-3-4-10-14(12)16-15(11)13/h3-5,7-10H,2,6H2,1H3. The van der Waals surface area contributed by atoms with Crippen LogP contribution >= 0.6 is 0 Å². The Morgan fingerprint density at radius 2 is 1.75 bits per heavy atom. The van der Waals surface area contributed by atoms with Gasteiger partial charge in [0.05, 0.1) is 11.4 Å². The van der Waals surface area contributed by atoms with Gasteiger partial charge in [-0.15, -0.1) is 0 Å². The molecule has 0 aliphatic carbocycles. The summed E-state index contributed by atoms with van der Waals surface area (Å²) in [5.74, 6) is 0. The van der Waals surface area contributed by atoms with Gasteiger partial charge < -0.3 is 0 Å². The summed E-state index contributed by atoms with van der Waals surface area (Å²) in [6.45, 7) is 2.21. The zero-order chi connectivity index (χ0) is 11.0. The highest BCUT2D eigenvalue weighted by molar-refractivity contribution is 5.91. The van der Waals surface area contributed by atoms with Gasteiger partial charge in [-0.2, -0.15) is 0 Å². The van der Waals surface area contributed by atoms with Crippen LogP contribution in [0.1, 0.15) is 18.9 Å². The van der Waals surface area contributed by atoms with Crippen molar-refractivity contribution in [1.29, 1.82) is 0 Å². The Balaban J connectivity index is 2.16. The molecule has 1 heteroatoms. The van der Waals surface area contributed by atoms with Gasteiger partial charge in [-0.1, -0.05) is 49.7 Å². The van der Waals surface area contributed by atoms with E-state index in [9.17, 15) is 0 Å². The number of hydrogen-bond acceptors (Lipinski definition) is 0. The summed E-state index contributed by atoms with van der Waals surface area (Å²) in [7, 11) is 0. The quantitative estimate of drug-likeness (QED) is 0.599. The van der Waals surface area contributed by atoms with E-state index in [4.69, 9.17) is 5.32 Å². The molecule has 0 saturated heterocycles. The highest BCUT2D eigenvalue weighted by Crippen LogP contribution is 2.44. The molecular weight excluding hydrogens is 194 g/mol. The van der Waals surface area contributed by atoms with Crippen molar-refractivity contribution in [2.75, 3.05) is 0 Å². The molecule has 0 N–H and O–H groups in total. The van der Waals surface area contributed by atoms with Gasteiger partial charge in [-0.05, 0) is 18.1 Å². The minimum Gasteiger partial charge on any atom is -0.247 e. The zero-order valence-corrected chi connectivity index (χ0v) is 9.40. The smallest absolute Gasteiger partial charge is 0.0748 e. The maximum Gasteiger partial charge on any atom is 0.0748 e. The SMILES string of the molecule is CCCc1cccc2c1[N]c1ccccc1-2. The van der Waals surface area contributed by atoms with Gasteiger partial charge in [0.15, 0.2) is 0 Å². The minimum absolute atomic E-state index is 1.11. The third-order valence-corrected chi connectivity index (χ3v) is 3.07. The number of hydrogen-bond donors (Lipinski definition) is 0. The Bertz CT molecular complexity index is 529. The Morgan fingerprint density at radius 3 is 2.62 bits per heavy atom.